The fourth-order valence-electron chi connectivity index (χ4n) is 1.62. The van der Waals surface area contributed by atoms with Crippen LogP contribution >= 0.6 is 0 Å². The number of likely N-dealkylation sites (tertiary alicyclic amines) is 1. The Kier molecular flexibility index (Phi) is 2.90. The summed E-state index contributed by atoms with van der Waals surface area (Å²) in [6.45, 7) is 7.55. The summed E-state index contributed by atoms with van der Waals surface area (Å²) in [6.07, 6.45) is 2.03. The summed E-state index contributed by atoms with van der Waals surface area (Å²) in [6, 6.07) is 0.693. The molecule has 0 saturated carbocycles. The number of likely N-dealkylation sites (N-methyl/N-ethyl adjacent to an activating group) is 1. The van der Waals surface area contributed by atoms with Gasteiger partial charge in [-0.15, -0.1) is 0 Å². The molecule has 0 bridgehead atoms. The highest BCUT2D eigenvalue weighted by molar-refractivity contribution is 4.80. The van der Waals surface area contributed by atoms with Crippen molar-refractivity contribution in [3.8, 4) is 0 Å². The topological polar surface area (TPSA) is 12.5 Å². The molecule has 66 valence electrons. The normalized spacial score (nSPS) is 33.5. The van der Waals surface area contributed by atoms with E-state index in [1.54, 1.807) is 0 Å². The molecule has 0 aromatic heterocycles. The van der Waals surface area contributed by atoms with Gasteiger partial charge in [0.2, 0.25) is 0 Å². The fourth-order valence-corrected chi connectivity index (χ4v) is 1.62. The molecule has 2 nitrogen and oxygen atoms in total. The molecule has 0 radical (unpaired) electrons. The predicted octanol–water partition coefficient (Wildman–Crippen LogP) is 1.50. The van der Waals surface area contributed by atoms with E-state index >= 15 is 0 Å². The maximum atomic E-state index is 5.71. The number of ether oxygens (including phenoxy) is 1. The van der Waals surface area contributed by atoms with Crippen molar-refractivity contribution in [1.29, 1.82) is 0 Å². The standard InChI is InChI=1S/C9H19NO/c1-7(2)11-9-5-8(3)10(4)6-9/h7-9H,5-6H2,1-4H3/t8?,9-/m1/s1. The first-order chi connectivity index (χ1) is 5.09. The van der Waals surface area contributed by atoms with Crippen LogP contribution in [0.4, 0.5) is 0 Å². The average Bonchev–Trinajstić information content (AvgIpc) is 2.10. The highest BCUT2D eigenvalue weighted by Crippen LogP contribution is 2.18. The largest absolute Gasteiger partial charge is 0.374 e. The molecule has 0 aliphatic carbocycles. The Hall–Kier alpha value is -0.0800. The van der Waals surface area contributed by atoms with Crippen molar-refractivity contribution in [2.45, 2.75) is 45.4 Å². The van der Waals surface area contributed by atoms with E-state index in [-0.39, 0.29) is 0 Å². The van der Waals surface area contributed by atoms with Crippen molar-refractivity contribution >= 4 is 0 Å². The Bertz CT molecular complexity index is 112. The molecule has 1 saturated heterocycles. The van der Waals surface area contributed by atoms with Gasteiger partial charge in [0.1, 0.15) is 0 Å². The predicted molar refractivity (Wildman–Crippen MR) is 46.7 cm³/mol. The monoisotopic (exact) mass is 157 g/mol. The van der Waals surface area contributed by atoms with Crippen LogP contribution in [0, 0.1) is 0 Å². The number of hydrogen-bond acceptors (Lipinski definition) is 2. The maximum absolute atomic E-state index is 5.71. The van der Waals surface area contributed by atoms with Crippen molar-refractivity contribution in [1.82, 2.24) is 4.90 Å². The summed E-state index contributed by atoms with van der Waals surface area (Å²) in [4.78, 5) is 2.35. The van der Waals surface area contributed by atoms with E-state index in [9.17, 15) is 0 Å². The maximum Gasteiger partial charge on any atom is 0.0720 e. The SMILES string of the molecule is CC(C)O[C@@H]1CC(C)N(C)C1. The van der Waals surface area contributed by atoms with Crippen LogP contribution in [-0.2, 0) is 4.74 Å². The minimum Gasteiger partial charge on any atom is -0.374 e. The first kappa shape index (κ1) is 9.01. The summed E-state index contributed by atoms with van der Waals surface area (Å²) in [7, 11) is 2.16. The average molecular weight is 157 g/mol. The Balaban J connectivity index is 2.29. The van der Waals surface area contributed by atoms with Gasteiger partial charge >= 0.3 is 0 Å². The van der Waals surface area contributed by atoms with Crippen LogP contribution < -0.4 is 0 Å². The van der Waals surface area contributed by atoms with E-state index in [1.165, 1.54) is 6.42 Å². The second kappa shape index (κ2) is 3.55. The first-order valence-electron chi connectivity index (χ1n) is 4.45. The molecule has 1 aliphatic heterocycles. The number of nitrogens with zero attached hydrogens (tertiary/aromatic N) is 1. The summed E-state index contributed by atoms with van der Waals surface area (Å²) >= 11 is 0. The van der Waals surface area contributed by atoms with Crippen LogP contribution in [-0.4, -0.2) is 36.7 Å². The van der Waals surface area contributed by atoms with Crippen LogP contribution in [0.15, 0.2) is 0 Å². The molecule has 0 N–H and O–H groups in total. The van der Waals surface area contributed by atoms with Gasteiger partial charge in [-0.25, -0.2) is 0 Å². The Morgan fingerprint density at radius 1 is 1.45 bits per heavy atom. The van der Waals surface area contributed by atoms with Crippen molar-refractivity contribution in [2.75, 3.05) is 13.6 Å². The van der Waals surface area contributed by atoms with Gasteiger partial charge in [-0.2, -0.15) is 0 Å². The minimum atomic E-state index is 0.374. The van der Waals surface area contributed by atoms with Crippen molar-refractivity contribution in [3.05, 3.63) is 0 Å². The molecular formula is C9H19NO. The quantitative estimate of drug-likeness (QED) is 0.602. The Morgan fingerprint density at radius 2 is 2.09 bits per heavy atom. The minimum absolute atomic E-state index is 0.374. The molecule has 0 spiro atoms. The van der Waals surface area contributed by atoms with Gasteiger partial charge in [0, 0.05) is 12.6 Å². The van der Waals surface area contributed by atoms with E-state index in [1.807, 2.05) is 0 Å². The molecule has 11 heavy (non-hydrogen) atoms. The lowest BCUT2D eigenvalue weighted by molar-refractivity contribution is 0.0151. The molecule has 0 aromatic rings. The second-order valence-corrected chi connectivity index (χ2v) is 3.83. The van der Waals surface area contributed by atoms with Gasteiger partial charge in [-0.1, -0.05) is 0 Å². The van der Waals surface area contributed by atoms with Gasteiger partial charge in [-0.05, 0) is 34.2 Å². The lowest BCUT2D eigenvalue weighted by atomic mass is 10.2. The zero-order valence-corrected chi connectivity index (χ0v) is 8.00. The third kappa shape index (κ3) is 2.46. The van der Waals surface area contributed by atoms with Gasteiger partial charge in [0.05, 0.1) is 12.2 Å². The van der Waals surface area contributed by atoms with E-state index in [2.05, 4.69) is 32.7 Å². The van der Waals surface area contributed by atoms with Crippen LogP contribution in [0.5, 0.6) is 0 Å². The van der Waals surface area contributed by atoms with Crippen LogP contribution in [0.3, 0.4) is 0 Å². The van der Waals surface area contributed by atoms with Gasteiger partial charge in [-0.3, -0.25) is 0 Å². The smallest absolute Gasteiger partial charge is 0.0720 e. The third-order valence-corrected chi connectivity index (χ3v) is 2.31. The highest BCUT2D eigenvalue weighted by atomic mass is 16.5. The molecule has 0 amide bonds. The number of hydrogen-bond donors (Lipinski definition) is 0. The molecule has 1 unspecified atom stereocenters. The van der Waals surface area contributed by atoms with E-state index < -0.39 is 0 Å². The zero-order valence-electron chi connectivity index (χ0n) is 8.00. The highest BCUT2D eigenvalue weighted by Gasteiger charge is 2.26. The second-order valence-electron chi connectivity index (χ2n) is 3.83. The molecule has 2 atom stereocenters. The lowest BCUT2D eigenvalue weighted by Gasteiger charge is -2.14. The molecule has 1 fully saturated rings. The van der Waals surface area contributed by atoms with E-state index in [0.717, 1.165) is 6.54 Å². The van der Waals surface area contributed by atoms with Crippen LogP contribution in [0.1, 0.15) is 27.2 Å². The van der Waals surface area contributed by atoms with Gasteiger partial charge in [0.25, 0.3) is 0 Å². The first-order valence-corrected chi connectivity index (χ1v) is 4.45. The van der Waals surface area contributed by atoms with Gasteiger partial charge < -0.3 is 9.64 Å². The van der Waals surface area contributed by atoms with Crippen LogP contribution in [0.25, 0.3) is 0 Å². The summed E-state index contributed by atoms with van der Waals surface area (Å²) < 4.78 is 5.71. The Morgan fingerprint density at radius 3 is 2.45 bits per heavy atom. The van der Waals surface area contributed by atoms with E-state index in [0.29, 0.717) is 18.2 Å². The number of rotatable bonds is 2. The van der Waals surface area contributed by atoms with E-state index in [4.69, 9.17) is 4.74 Å². The van der Waals surface area contributed by atoms with Crippen molar-refractivity contribution in [2.24, 2.45) is 0 Å². The fraction of sp³-hybridized carbons (Fsp3) is 1.00. The van der Waals surface area contributed by atoms with Crippen molar-refractivity contribution < 1.29 is 4.74 Å². The lowest BCUT2D eigenvalue weighted by Crippen LogP contribution is -2.23. The summed E-state index contributed by atoms with van der Waals surface area (Å²) in [5.41, 5.74) is 0. The summed E-state index contributed by atoms with van der Waals surface area (Å²) in [5.74, 6) is 0. The molecule has 2 heteroatoms. The Labute approximate surface area is 69.5 Å². The third-order valence-electron chi connectivity index (χ3n) is 2.31. The van der Waals surface area contributed by atoms with Gasteiger partial charge in [0.15, 0.2) is 0 Å². The molecular weight excluding hydrogens is 138 g/mol. The molecule has 1 rings (SSSR count). The summed E-state index contributed by atoms with van der Waals surface area (Å²) in [5, 5.41) is 0. The van der Waals surface area contributed by atoms with Crippen molar-refractivity contribution in [3.63, 3.8) is 0 Å². The zero-order chi connectivity index (χ0) is 8.43. The molecule has 1 aliphatic rings. The molecule has 1 heterocycles. The van der Waals surface area contributed by atoms with Crippen LogP contribution in [0.2, 0.25) is 0 Å². The molecule has 0 aromatic carbocycles.